The van der Waals surface area contributed by atoms with E-state index in [-0.39, 0.29) is 5.92 Å². The predicted octanol–water partition coefficient (Wildman–Crippen LogP) is 0.0343. The maximum Gasteiger partial charge on any atom is 0.314 e. The molecule has 0 aromatic carbocycles. The van der Waals surface area contributed by atoms with Crippen LogP contribution in [0.4, 0.5) is 0 Å². The van der Waals surface area contributed by atoms with Crippen molar-refractivity contribution in [1.82, 2.24) is 20.2 Å². The monoisotopic (exact) mass is 184 g/mol. The van der Waals surface area contributed by atoms with Crippen LogP contribution < -0.4 is 0 Å². The summed E-state index contributed by atoms with van der Waals surface area (Å²) in [4.78, 5) is 10.9. The number of hydrogen-bond acceptors (Lipinski definition) is 4. The van der Waals surface area contributed by atoms with Crippen LogP contribution in [0.5, 0.6) is 0 Å². The minimum absolute atomic E-state index is 0.0257. The number of carboxylic acid groups (broad SMARTS) is 1. The molecule has 13 heavy (non-hydrogen) atoms. The van der Waals surface area contributed by atoms with Gasteiger partial charge in [0.1, 0.15) is 5.92 Å². The molecule has 1 rings (SSSR count). The number of nitrogens with zero attached hydrogens (tertiary/aromatic N) is 4. The van der Waals surface area contributed by atoms with Crippen molar-refractivity contribution in [1.29, 1.82) is 0 Å². The summed E-state index contributed by atoms with van der Waals surface area (Å²) in [6.45, 7) is 3.65. The van der Waals surface area contributed by atoms with Crippen molar-refractivity contribution < 1.29 is 9.90 Å². The first-order valence-corrected chi connectivity index (χ1v) is 3.99. The molecule has 1 heterocycles. The zero-order valence-electron chi connectivity index (χ0n) is 7.80. The van der Waals surface area contributed by atoms with Crippen LogP contribution in [0.2, 0.25) is 0 Å². The third-order valence-corrected chi connectivity index (χ3v) is 1.86. The molecule has 0 aliphatic rings. The molecule has 1 unspecified atom stereocenters. The lowest BCUT2D eigenvalue weighted by Gasteiger charge is -2.13. The highest BCUT2D eigenvalue weighted by atomic mass is 16.4. The van der Waals surface area contributed by atoms with E-state index in [2.05, 4.69) is 15.5 Å². The molecule has 6 heteroatoms. The number of aliphatic carboxylic acids is 1. The molecular formula is C7H12N4O2. The number of carbonyl (C=O) groups is 1. The van der Waals surface area contributed by atoms with Gasteiger partial charge in [-0.2, -0.15) is 0 Å². The van der Waals surface area contributed by atoms with Gasteiger partial charge in [-0.1, -0.05) is 13.8 Å². The molecular weight excluding hydrogens is 172 g/mol. The molecule has 0 saturated heterocycles. The van der Waals surface area contributed by atoms with E-state index >= 15 is 0 Å². The summed E-state index contributed by atoms with van der Waals surface area (Å²) >= 11 is 0. The number of carboxylic acids is 1. The maximum absolute atomic E-state index is 10.9. The number of hydrogen-bond donors (Lipinski definition) is 1. The van der Waals surface area contributed by atoms with Gasteiger partial charge in [0.25, 0.3) is 0 Å². The van der Waals surface area contributed by atoms with E-state index in [1.54, 1.807) is 7.05 Å². The lowest BCUT2D eigenvalue weighted by molar-refractivity contribution is -0.140. The Bertz CT molecular complexity index is 307. The lowest BCUT2D eigenvalue weighted by atomic mass is 9.95. The van der Waals surface area contributed by atoms with Gasteiger partial charge in [-0.15, -0.1) is 5.10 Å². The molecule has 6 nitrogen and oxygen atoms in total. The Labute approximate surface area is 75.6 Å². The van der Waals surface area contributed by atoms with Gasteiger partial charge in [0.2, 0.25) is 0 Å². The Balaban J connectivity index is 3.02. The van der Waals surface area contributed by atoms with Crippen LogP contribution in [-0.4, -0.2) is 31.3 Å². The van der Waals surface area contributed by atoms with Crippen molar-refractivity contribution in [2.24, 2.45) is 13.0 Å². The van der Waals surface area contributed by atoms with Gasteiger partial charge < -0.3 is 5.11 Å². The second-order valence-electron chi connectivity index (χ2n) is 3.22. The summed E-state index contributed by atoms with van der Waals surface area (Å²) in [6, 6.07) is 0. The minimum atomic E-state index is -0.895. The first kappa shape index (κ1) is 9.63. The second-order valence-corrected chi connectivity index (χ2v) is 3.22. The number of tetrazole rings is 1. The summed E-state index contributed by atoms with van der Waals surface area (Å²) in [5.74, 6) is -1.17. The molecule has 0 bridgehead atoms. The SMILES string of the molecule is CC(C)C(C(=O)O)c1nnnn1C. The Hall–Kier alpha value is -1.46. The molecule has 0 amide bonds. The highest BCUT2D eigenvalue weighted by Crippen LogP contribution is 2.21. The van der Waals surface area contributed by atoms with E-state index < -0.39 is 11.9 Å². The number of aryl methyl sites for hydroxylation is 1. The van der Waals surface area contributed by atoms with Crippen LogP contribution in [0.3, 0.4) is 0 Å². The molecule has 0 spiro atoms. The fraction of sp³-hybridized carbons (Fsp3) is 0.714. The third-order valence-electron chi connectivity index (χ3n) is 1.86. The van der Waals surface area contributed by atoms with E-state index in [4.69, 9.17) is 5.11 Å². The second kappa shape index (κ2) is 3.51. The topological polar surface area (TPSA) is 80.9 Å². The van der Waals surface area contributed by atoms with Crippen LogP contribution in [0, 0.1) is 5.92 Å². The predicted molar refractivity (Wildman–Crippen MR) is 44.0 cm³/mol. The normalized spacial score (nSPS) is 13.2. The van der Waals surface area contributed by atoms with E-state index in [1.807, 2.05) is 13.8 Å². The Kier molecular flexibility index (Phi) is 2.60. The van der Waals surface area contributed by atoms with Crippen molar-refractivity contribution >= 4 is 5.97 Å². The minimum Gasteiger partial charge on any atom is -0.481 e. The standard InChI is InChI=1S/C7H12N4O2/c1-4(2)5(7(12)13)6-8-9-10-11(6)3/h4-5H,1-3H3,(H,12,13). The zero-order chi connectivity index (χ0) is 10.0. The van der Waals surface area contributed by atoms with Crippen LogP contribution in [0.25, 0.3) is 0 Å². The van der Waals surface area contributed by atoms with Gasteiger partial charge in [0.05, 0.1) is 0 Å². The summed E-state index contributed by atoms with van der Waals surface area (Å²) in [6.07, 6.45) is 0. The van der Waals surface area contributed by atoms with Crippen LogP contribution in [0.1, 0.15) is 25.6 Å². The molecule has 1 N–H and O–H groups in total. The molecule has 0 saturated carbocycles. The largest absolute Gasteiger partial charge is 0.481 e. The van der Waals surface area contributed by atoms with Gasteiger partial charge in [-0.25, -0.2) is 4.68 Å². The fourth-order valence-electron chi connectivity index (χ4n) is 1.19. The molecule has 0 fully saturated rings. The van der Waals surface area contributed by atoms with Crippen LogP contribution in [-0.2, 0) is 11.8 Å². The van der Waals surface area contributed by atoms with Crippen molar-refractivity contribution in [3.8, 4) is 0 Å². The summed E-state index contributed by atoms with van der Waals surface area (Å²) in [5, 5.41) is 19.6. The Morgan fingerprint density at radius 2 is 2.15 bits per heavy atom. The van der Waals surface area contributed by atoms with Crippen LogP contribution in [0.15, 0.2) is 0 Å². The average Bonchev–Trinajstić information content (AvgIpc) is 2.35. The molecule has 1 atom stereocenters. The van der Waals surface area contributed by atoms with E-state index in [9.17, 15) is 4.79 Å². The lowest BCUT2D eigenvalue weighted by Crippen LogP contribution is -2.21. The molecule has 0 aliphatic heterocycles. The quantitative estimate of drug-likeness (QED) is 0.717. The van der Waals surface area contributed by atoms with E-state index in [0.29, 0.717) is 5.82 Å². The number of rotatable bonds is 3. The molecule has 72 valence electrons. The van der Waals surface area contributed by atoms with Crippen molar-refractivity contribution in [2.45, 2.75) is 19.8 Å². The highest BCUT2D eigenvalue weighted by Gasteiger charge is 2.28. The van der Waals surface area contributed by atoms with Crippen molar-refractivity contribution in [3.63, 3.8) is 0 Å². The van der Waals surface area contributed by atoms with E-state index in [1.165, 1.54) is 4.68 Å². The summed E-state index contributed by atoms with van der Waals surface area (Å²) in [7, 11) is 1.63. The Morgan fingerprint density at radius 1 is 1.54 bits per heavy atom. The van der Waals surface area contributed by atoms with Gasteiger partial charge in [-0.3, -0.25) is 4.79 Å². The van der Waals surface area contributed by atoms with Crippen LogP contribution >= 0.6 is 0 Å². The van der Waals surface area contributed by atoms with Crippen molar-refractivity contribution in [3.05, 3.63) is 5.82 Å². The van der Waals surface area contributed by atoms with Gasteiger partial charge in [-0.05, 0) is 16.3 Å². The van der Waals surface area contributed by atoms with E-state index in [0.717, 1.165) is 0 Å². The Morgan fingerprint density at radius 3 is 2.46 bits per heavy atom. The van der Waals surface area contributed by atoms with Gasteiger partial charge in [0, 0.05) is 7.05 Å². The number of aromatic nitrogens is 4. The average molecular weight is 184 g/mol. The third kappa shape index (κ3) is 1.82. The highest BCUT2D eigenvalue weighted by molar-refractivity contribution is 5.75. The molecule has 0 aliphatic carbocycles. The molecule has 1 aromatic heterocycles. The maximum atomic E-state index is 10.9. The smallest absolute Gasteiger partial charge is 0.314 e. The fourth-order valence-corrected chi connectivity index (χ4v) is 1.19. The van der Waals surface area contributed by atoms with Gasteiger partial charge >= 0.3 is 5.97 Å². The zero-order valence-corrected chi connectivity index (χ0v) is 7.80. The summed E-state index contributed by atoms with van der Waals surface area (Å²) < 4.78 is 1.39. The van der Waals surface area contributed by atoms with Gasteiger partial charge in [0.15, 0.2) is 5.82 Å². The van der Waals surface area contributed by atoms with Crippen molar-refractivity contribution in [2.75, 3.05) is 0 Å². The first-order chi connectivity index (χ1) is 6.04. The molecule has 0 radical (unpaired) electrons. The summed E-state index contributed by atoms with van der Waals surface area (Å²) in [5.41, 5.74) is 0. The molecule has 1 aromatic rings. The first-order valence-electron chi connectivity index (χ1n) is 3.99.